The van der Waals surface area contributed by atoms with Crippen molar-refractivity contribution in [1.82, 2.24) is 0 Å². The van der Waals surface area contributed by atoms with Gasteiger partial charge in [0, 0.05) is 39.9 Å². The molecule has 0 radical (unpaired) electrons. The average molecular weight is 549 g/mol. The molecule has 0 aliphatic heterocycles. The van der Waals surface area contributed by atoms with Crippen molar-refractivity contribution in [3.05, 3.63) is 46.0 Å². The predicted octanol–water partition coefficient (Wildman–Crippen LogP) is 6.68. The molecule has 0 bridgehead atoms. The molecule has 0 saturated heterocycles. The van der Waals surface area contributed by atoms with Crippen LogP contribution in [-0.4, -0.2) is 42.6 Å². The van der Waals surface area contributed by atoms with Crippen LogP contribution in [0.4, 0.5) is 0 Å². The molecule has 0 aliphatic rings. The van der Waals surface area contributed by atoms with Crippen molar-refractivity contribution < 1.29 is 45.0 Å². The Morgan fingerprint density at radius 1 is 0.700 bits per heavy atom. The van der Waals surface area contributed by atoms with Crippen LogP contribution in [0.15, 0.2) is 18.2 Å². The Bertz CT molecular complexity index is 1750. The lowest BCUT2D eigenvalue weighted by Crippen LogP contribution is -2.06. The summed E-state index contributed by atoms with van der Waals surface area (Å²) in [6.45, 7) is 11.8. The van der Waals surface area contributed by atoms with Gasteiger partial charge in [0.05, 0.1) is 0 Å². The summed E-state index contributed by atoms with van der Waals surface area (Å²) in [5, 5.41) is 66.1. The fourth-order valence-electron chi connectivity index (χ4n) is 5.65. The Kier molecular flexibility index (Phi) is 6.96. The first-order valence-electron chi connectivity index (χ1n) is 12.8. The highest BCUT2D eigenvalue weighted by atomic mass is 16.5. The molecule has 4 aromatic rings. The number of aryl methyl sites for hydroxylation is 2. The number of phenols is 5. The molecule has 0 aliphatic carbocycles. The van der Waals surface area contributed by atoms with Gasteiger partial charge in [-0.2, -0.15) is 0 Å². The number of phenolic OH excluding ortho intramolecular Hbond substituents is 4. The largest absolute Gasteiger partial charge is 0.507 e. The van der Waals surface area contributed by atoms with E-state index in [-0.39, 0.29) is 61.9 Å². The Morgan fingerprint density at radius 2 is 1.23 bits per heavy atom. The second kappa shape index (κ2) is 9.82. The van der Waals surface area contributed by atoms with Crippen LogP contribution in [-0.2, 0) is 4.79 Å². The normalized spacial score (nSPS) is 11.6. The third-order valence-corrected chi connectivity index (χ3v) is 7.20. The molecule has 0 heterocycles. The molecule has 0 fully saturated rings. The van der Waals surface area contributed by atoms with E-state index in [4.69, 9.17) is 4.74 Å². The Hall–Kier alpha value is -4.66. The van der Waals surface area contributed by atoms with Gasteiger partial charge in [-0.1, -0.05) is 39.8 Å². The molecule has 0 aromatic heterocycles. The van der Waals surface area contributed by atoms with Gasteiger partial charge < -0.3 is 35.4 Å². The topological polar surface area (TPSA) is 165 Å². The highest BCUT2D eigenvalue weighted by Crippen LogP contribution is 2.53. The van der Waals surface area contributed by atoms with Crippen molar-refractivity contribution in [2.75, 3.05) is 0 Å². The van der Waals surface area contributed by atoms with Crippen molar-refractivity contribution in [3.63, 3.8) is 0 Å². The lowest BCUT2D eigenvalue weighted by atomic mass is 9.84. The van der Waals surface area contributed by atoms with Gasteiger partial charge in [0.2, 0.25) is 0 Å². The number of ether oxygens (including phenoxy) is 1. The molecular weight excluding hydrogens is 516 g/mol. The minimum absolute atomic E-state index is 0.00567. The first kappa shape index (κ1) is 28.4. The number of aromatic hydroxyl groups is 5. The van der Waals surface area contributed by atoms with Crippen molar-refractivity contribution in [2.45, 2.75) is 60.3 Å². The van der Waals surface area contributed by atoms with E-state index in [1.54, 1.807) is 39.8 Å². The molecule has 0 spiro atoms. The van der Waals surface area contributed by atoms with Gasteiger partial charge in [-0.05, 0) is 53.6 Å². The SMILES string of the molecule is CC(=O)Oc1c(O)cc2c(O)c(-c3c(C)cc4c(C(C)C)c(O)c(O)c(C(=O)O)c4c3O)c(C)cc2c1C(C)C. The minimum atomic E-state index is -1.55. The second-order valence-corrected chi connectivity index (χ2v) is 10.7. The minimum Gasteiger partial charge on any atom is -0.507 e. The van der Waals surface area contributed by atoms with E-state index in [1.165, 1.54) is 13.0 Å². The number of carbonyl (C=O) groups is 2. The van der Waals surface area contributed by atoms with E-state index in [2.05, 4.69) is 0 Å². The highest BCUT2D eigenvalue weighted by Gasteiger charge is 2.30. The number of hydrogen-bond donors (Lipinski definition) is 6. The van der Waals surface area contributed by atoms with E-state index in [1.807, 2.05) is 13.8 Å². The quantitative estimate of drug-likeness (QED) is 0.0907. The molecule has 6 N–H and O–H groups in total. The number of hydrogen-bond acceptors (Lipinski definition) is 8. The van der Waals surface area contributed by atoms with Crippen LogP contribution in [0, 0.1) is 13.8 Å². The summed E-state index contributed by atoms with van der Waals surface area (Å²) in [7, 11) is 0. The first-order chi connectivity index (χ1) is 18.6. The highest BCUT2D eigenvalue weighted by molar-refractivity contribution is 6.14. The summed E-state index contributed by atoms with van der Waals surface area (Å²) < 4.78 is 5.30. The lowest BCUT2D eigenvalue weighted by Gasteiger charge is -2.23. The number of carboxylic acid groups (broad SMARTS) is 1. The maximum absolute atomic E-state index is 12.2. The van der Waals surface area contributed by atoms with Gasteiger partial charge in [0.1, 0.15) is 17.1 Å². The number of rotatable bonds is 5. The zero-order chi connectivity index (χ0) is 30.0. The first-order valence-corrected chi connectivity index (χ1v) is 12.8. The third kappa shape index (κ3) is 4.18. The van der Waals surface area contributed by atoms with E-state index >= 15 is 0 Å². The number of esters is 1. The van der Waals surface area contributed by atoms with Crippen LogP contribution in [0.3, 0.4) is 0 Å². The zero-order valence-corrected chi connectivity index (χ0v) is 23.3. The van der Waals surface area contributed by atoms with E-state index in [0.29, 0.717) is 22.1 Å². The molecule has 9 heteroatoms. The van der Waals surface area contributed by atoms with Gasteiger partial charge in [-0.3, -0.25) is 4.79 Å². The summed E-state index contributed by atoms with van der Waals surface area (Å²) >= 11 is 0. The van der Waals surface area contributed by atoms with Gasteiger partial charge in [0.15, 0.2) is 23.0 Å². The molecular formula is C31H32O9. The summed E-state index contributed by atoms with van der Waals surface area (Å²) in [5.74, 6) is -5.30. The fourth-order valence-corrected chi connectivity index (χ4v) is 5.65. The van der Waals surface area contributed by atoms with Crippen LogP contribution in [0.5, 0.6) is 34.5 Å². The number of aromatic carboxylic acids is 1. The molecule has 0 amide bonds. The van der Waals surface area contributed by atoms with Crippen molar-refractivity contribution >= 4 is 33.5 Å². The van der Waals surface area contributed by atoms with Crippen LogP contribution < -0.4 is 4.74 Å². The monoisotopic (exact) mass is 548 g/mol. The predicted molar refractivity (Wildman–Crippen MR) is 151 cm³/mol. The number of carbonyl (C=O) groups excluding carboxylic acids is 1. The Morgan fingerprint density at radius 3 is 1.73 bits per heavy atom. The summed E-state index contributed by atoms with van der Waals surface area (Å²) in [6.07, 6.45) is 0. The zero-order valence-electron chi connectivity index (χ0n) is 23.3. The van der Waals surface area contributed by atoms with Crippen LogP contribution >= 0.6 is 0 Å². The summed E-state index contributed by atoms with van der Waals surface area (Å²) in [6, 6.07) is 4.62. The molecule has 0 unspecified atom stereocenters. The average Bonchev–Trinajstić information content (AvgIpc) is 2.82. The molecule has 0 atom stereocenters. The van der Waals surface area contributed by atoms with Crippen LogP contribution in [0.2, 0.25) is 0 Å². The molecule has 40 heavy (non-hydrogen) atoms. The number of benzene rings is 4. The Labute approximate surface area is 230 Å². The molecule has 4 rings (SSSR count). The van der Waals surface area contributed by atoms with Gasteiger partial charge in [-0.15, -0.1) is 0 Å². The van der Waals surface area contributed by atoms with E-state index in [0.717, 1.165) is 0 Å². The van der Waals surface area contributed by atoms with Crippen molar-refractivity contribution in [2.24, 2.45) is 0 Å². The summed E-state index contributed by atoms with van der Waals surface area (Å²) in [4.78, 5) is 23.9. The van der Waals surface area contributed by atoms with Gasteiger partial charge >= 0.3 is 11.9 Å². The third-order valence-electron chi connectivity index (χ3n) is 7.20. The molecule has 4 aromatic carbocycles. The number of fused-ring (bicyclic) bond motifs is 2. The van der Waals surface area contributed by atoms with E-state index in [9.17, 15) is 40.2 Å². The smallest absolute Gasteiger partial charge is 0.340 e. The van der Waals surface area contributed by atoms with Gasteiger partial charge in [-0.25, -0.2) is 4.79 Å². The maximum atomic E-state index is 12.2. The standard InChI is InChI=1S/C31H32O9/c1-11(2)20-18-9-14(6)23(27(35)24(18)25(31(38)39)29(37)28(20)36)22-13(5)8-16-17(26(22)34)10-19(33)30(40-15(7)32)21(16)12(3)4/h8-12,33-37H,1-7H3,(H,38,39). The van der Waals surface area contributed by atoms with Crippen molar-refractivity contribution in [3.8, 4) is 45.6 Å². The Balaban J connectivity index is 2.20. The fraction of sp³-hybridized carbons (Fsp3) is 0.290. The van der Waals surface area contributed by atoms with Gasteiger partial charge in [0.25, 0.3) is 0 Å². The molecule has 9 nitrogen and oxygen atoms in total. The lowest BCUT2D eigenvalue weighted by molar-refractivity contribution is -0.132. The molecule has 210 valence electrons. The second-order valence-electron chi connectivity index (χ2n) is 10.7. The summed E-state index contributed by atoms with van der Waals surface area (Å²) in [5.41, 5.74) is 1.40. The maximum Gasteiger partial charge on any atom is 0.340 e. The van der Waals surface area contributed by atoms with Crippen molar-refractivity contribution in [1.29, 1.82) is 0 Å². The van der Waals surface area contributed by atoms with E-state index < -0.39 is 34.8 Å². The van der Waals surface area contributed by atoms with Crippen LogP contribution in [0.1, 0.15) is 79.1 Å². The molecule has 0 saturated carbocycles. The van der Waals surface area contributed by atoms with Crippen LogP contribution in [0.25, 0.3) is 32.7 Å². The number of carboxylic acids is 1.